The van der Waals surface area contributed by atoms with E-state index in [1.54, 1.807) is 23.1 Å². The van der Waals surface area contributed by atoms with Gasteiger partial charge in [-0.15, -0.1) is 0 Å². The number of nitrogens with zero attached hydrogens (tertiary/aromatic N) is 2. The van der Waals surface area contributed by atoms with Gasteiger partial charge in [0.15, 0.2) is 11.5 Å². The SMILES string of the molecule is CC(C)CNC(=O)[C@H](Cc1ccccc1)N(Cc1ccccc1)C(=O)CCCN(c1ccc2c(c1)OCO2)S(C)(=O)=O. The molecule has 0 fully saturated rings. The second-order valence-corrected chi connectivity index (χ2v) is 12.7. The number of sulfonamides is 1. The molecule has 9 nitrogen and oxygen atoms in total. The van der Waals surface area contributed by atoms with Gasteiger partial charge in [0.25, 0.3) is 0 Å². The highest BCUT2D eigenvalue weighted by Crippen LogP contribution is 2.36. The molecule has 224 valence electrons. The lowest BCUT2D eigenvalue weighted by molar-refractivity contribution is -0.141. The summed E-state index contributed by atoms with van der Waals surface area (Å²) in [5.41, 5.74) is 2.28. The Hall–Kier alpha value is -4.05. The van der Waals surface area contributed by atoms with Crippen molar-refractivity contribution < 1.29 is 27.5 Å². The van der Waals surface area contributed by atoms with Crippen LogP contribution in [0.3, 0.4) is 0 Å². The number of anilines is 1. The number of fused-ring (bicyclic) bond motifs is 1. The van der Waals surface area contributed by atoms with E-state index in [-0.39, 0.29) is 50.5 Å². The zero-order chi connectivity index (χ0) is 30.1. The fourth-order valence-electron chi connectivity index (χ4n) is 4.80. The standard InChI is InChI=1S/C32H39N3O6S/c1-24(2)21-33-32(37)28(19-25-11-6-4-7-12-25)34(22-26-13-8-5-9-14-26)31(36)15-10-18-35(42(3,38)39)27-16-17-29-30(20-27)41-23-40-29/h4-9,11-14,16-17,20,24,28H,10,15,18-19,21-23H2,1-3H3,(H,33,37)/t28-/m0/s1. The molecule has 42 heavy (non-hydrogen) atoms. The predicted octanol–water partition coefficient (Wildman–Crippen LogP) is 4.37. The van der Waals surface area contributed by atoms with Crippen LogP contribution < -0.4 is 19.1 Å². The normalized spacial score (nSPS) is 13.0. The number of hydrogen-bond acceptors (Lipinski definition) is 6. The van der Waals surface area contributed by atoms with Gasteiger partial charge in [0.2, 0.25) is 28.6 Å². The van der Waals surface area contributed by atoms with Crippen LogP contribution in [0.2, 0.25) is 0 Å². The van der Waals surface area contributed by atoms with Crippen molar-refractivity contribution in [2.24, 2.45) is 5.92 Å². The van der Waals surface area contributed by atoms with Crippen LogP contribution in [0.5, 0.6) is 11.5 Å². The van der Waals surface area contributed by atoms with Crippen molar-refractivity contribution in [3.63, 3.8) is 0 Å². The lowest BCUT2D eigenvalue weighted by Gasteiger charge is -2.32. The fraction of sp³-hybridized carbons (Fsp3) is 0.375. The van der Waals surface area contributed by atoms with E-state index in [9.17, 15) is 18.0 Å². The Bertz CT molecular complexity index is 1450. The minimum Gasteiger partial charge on any atom is -0.454 e. The Morgan fingerprint density at radius 2 is 1.55 bits per heavy atom. The molecule has 4 rings (SSSR count). The monoisotopic (exact) mass is 593 g/mol. The first-order valence-corrected chi connectivity index (χ1v) is 16.0. The van der Waals surface area contributed by atoms with E-state index >= 15 is 0 Å². The first-order chi connectivity index (χ1) is 20.1. The van der Waals surface area contributed by atoms with Crippen LogP contribution in [-0.2, 0) is 32.6 Å². The van der Waals surface area contributed by atoms with E-state index in [0.717, 1.165) is 17.4 Å². The predicted molar refractivity (Wildman–Crippen MR) is 163 cm³/mol. The minimum atomic E-state index is -3.64. The first kappa shape index (κ1) is 30.9. The Kier molecular flexibility index (Phi) is 10.5. The molecular formula is C32H39N3O6S. The van der Waals surface area contributed by atoms with Crippen molar-refractivity contribution in [3.05, 3.63) is 90.0 Å². The molecule has 0 aliphatic carbocycles. The molecule has 1 heterocycles. The van der Waals surface area contributed by atoms with Crippen molar-refractivity contribution in [2.45, 2.75) is 45.7 Å². The molecule has 2 amide bonds. The number of ether oxygens (including phenoxy) is 2. The zero-order valence-electron chi connectivity index (χ0n) is 24.4. The molecule has 0 saturated carbocycles. The van der Waals surface area contributed by atoms with Gasteiger partial charge in [-0.2, -0.15) is 0 Å². The molecule has 0 unspecified atom stereocenters. The quantitative estimate of drug-likeness (QED) is 0.298. The van der Waals surface area contributed by atoms with E-state index in [1.807, 2.05) is 74.5 Å². The molecule has 1 atom stereocenters. The third kappa shape index (κ3) is 8.48. The van der Waals surface area contributed by atoms with Gasteiger partial charge < -0.3 is 19.7 Å². The summed E-state index contributed by atoms with van der Waals surface area (Å²) in [5, 5.41) is 3.02. The molecule has 3 aromatic carbocycles. The molecule has 0 aromatic heterocycles. The van der Waals surface area contributed by atoms with E-state index in [0.29, 0.717) is 30.2 Å². The summed E-state index contributed by atoms with van der Waals surface area (Å²) in [4.78, 5) is 29.1. The highest BCUT2D eigenvalue weighted by Gasteiger charge is 2.30. The molecular weight excluding hydrogens is 554 g/mol. The molecule has 0 radical (unpaired) electrons. The Labute approximate surface area is 248 Å². The van der Waals surface area contributed by atoms with Gasteiger partial charge in [-0.1, -0.05) is 74.5 Å². The maximum absolute atomic E-state index is 13.9. The number of amides is 2. The van der Waals surface area contributed by atoms with Gasteiger partial charge in [-0.3, -0.25) is 13.9 Å². The van der Waals surface area contributed by atoms with E-state index in [1.165, 1.54) is 4.31 Å². The maximum atomic E-state index is 13.9. The van der Waals surface area contributed by atoms with Crippen molar-refractivity contribution in [2.75, 3.05) is 30.4 Å². The van der Waals surface area contributed by atoms with Crippen LogP contribution in [0.4, 0.5) is 5.69 Å². The van der Waals surface area contributed by atoms with E-state index in [2.05, 4.69) is 5.32 Å². The molecule has 0 bridgehead atoms. The van der Waals surface area contributed by atoms with Crippen LogP contribution in [0.25, 0.3) is 0 Å². The average Bonchev–Trinajstić information content (AvgIpc) is 3.44. The van der Waals surface area contributed by atoms with Crippen LogP contribution >= 0.6 is 0 Å². The van der Waals surface area contributed by atoms with Gasteiger partial charge in [-0.05, 0) is 35.6 Å². The molecule has 1 aliphatic rings. The van der Waals surface area contributed by atoms with Gasteiger partial charge >= 0.3 is 0 Å². The van der Waals surface area contributed by atoms with Crippen LogP contribution in [0.1, 0.15) is 37.8 Å². The molecule has 3 aromatic rings. The van der Waals surface area contributed by atoms with Gasteiger partial charge in [0, 0.05) is 38.5 Å². The second kappa shape index (κ2) is 14.2. The van der Waals surface area contributed by atoms with Crippen molar-refractivity contribution in [3.8, 4) is 11.5 Å². The van der Waals surface area contributed by atoms with Gasteiger partial charge in [0.1, 0.15) is 6.04 Å². The Morgan fingerprint density at radius 1 is 0.905 bits per heavy atom. The van der Waals surface area contributed by atoms with Gasteiger partial charge in [-0.25, -0.2) is 8.42 Å². The summed E-state index contributed by atoms with van der Waals surface area (Å²) >= 11 is 0. The van der Waals surface area contributed by atoms with Gasteiger partial charge in [0.05, 0.1) is 11.9 Å². The maximum Gasteiger partial charge on any atom is 0.243 e. The second-order valence-electron chi connectivity index (χ2n) is 10.8. The fourth-order valence-corrected chi connectivity index (χ4v) is 5.76. The highest BCUT2D eigenvalue weighted by atomic mass is 32.2. The van der Waals surface area contributed by atoms with Crippen molar-refractivity contribution >= 4 is 27.5 Å². The summed E-state index contributed by atoms with van der Waals surface area (Å²) in [6.07, 6.45) is 1.82. The number of carbonyl (C=O) groups is 2. The Morgan fingerprint density at radius 3 is 2.19 bits per heavy atom. The number of benzene rings is 3. The molecule has 1 N–H and O–H groups in total. The summed E-state index contributed by atoms with van der Waals surface area (Å²) in [6.45, 7) is 4.96. The summed E-state index contributed by atoms with van der Waals surface area (Å²) < 4.78 is 37.5. The number of rotatable bonds is 14. The number of nitrogens with one attached hydrogen (secondary N) is 1. The zero-order valence-corrected chi connectivity index (χ0v) is 25.2. The van der Waals surface area contributed by atoms with E-state index in [4.69, 9.17) is 9.47 Å². The molecule has 0 spiro atoms. The first-order valence-electron chi connectivity index (χ1n) is 14.1. The lowest BCUT2D eigenvalue weighted by atomic mass is 10.0. The minimum absolute atomic E-state index is 0.0617. The topological polar surface area (TPSA) is 105 Å². The summed E-state index contributed by atoms with van der Waals surface area (Å²) in [5.74, 6) is 0.845. The van der Waals surface area contributed by atoms with Crippen molar-refractivity contribution in [1.82, 2.24) is 10.2 Å². The summed E-state index contributed by atoms with van der Waals surface area (Å²) in [7, 11) is -3.64. The molecule has 1 aliphatic heterocycles. The lowest BCUT2D eigenvalue weighted by Crippen LogP contribution is -2.51. The van der Waals surface area contributed by atoms with Crippen LogP contribution in [0, 0.1) is 5.92 Å². The van der Waals surface area contributed by atoms with Crippen molar-refractivity contribution in [1.29, 1.82) is 0 Å². The third-order valence-electron chi connectivity index (χ3n) is 6.95. The smallest absolute Gasteiger partial charge is 0.243 e. The third-order valence-corrected chi connectivity index (χ3v) is 8.14. The van der Waals surface area contributed by atoms with Crippen LogP contribution in [-0.4, -0.2) is 57.3 Å². The summed E-state index contributed by atoms with van der Waals surface area (Å²) in [6, 6.07) is 23.4. The highest BCUT2D eigenvalue weighted by molar-refractivity contribution is 7.92. The van der Waals surface area contributed by atoms with Crippen LogP contribution in [0.15, 0.2) is 78.9 Å². The number of hydrogen-bond donors (Lipinski definition) is 1. The molecule has 0 saturated heterocycles. The van der Waals surface area contributed by atoms with E-state index < -0.39 is 16.1 Å². The number of carbonyl (C=O) groups excluding carboxylic acids is 2. The largest absolute Gasteiger partial charge is 0.454 e. The molecule has 10 heteroatoms. The average molecular weight is 594 g/mol. The Balaban J connectivity index is 1.55.